The molecule has 0 bridgehead atoms. The van der Waals surface area contributed by atoms with Crippen molar-refractivity contribution < 1.29 is 27.2 Å². The average Bonchev–Trinajstić information content (AvgIpc) is 1.48. The van der Waals surface area contributed by atoms with Gasteiger partial charge in [0, 0.05) is 64.6 Å². The van der Waals surface area contributed by atoms with Gasteiger partial charge in [0.05, 0.1) is 44.4 Å². The second-order valence-corrected chi connectivity index (χ2v) is 29.4. The summed E-state index contributed by atoms with van der Waals surface area (Å²) >= 11 is 8.14. The van der Waals surface area contributed by atoms with Crippen molar-refractivity contribution in [1.29, 1.82) is 21.0 Å². The third-order valence-electron chi connectivity index (χ3n) is 17.9. The van der Waals surface area contributed by atoms with Crippen LogP contribution in [0.15, 0.2) is 131 Å². The van der Waals surface area contributed by atoms with Crippen molar-refractivity contribution in [2.75, 3.05) is 0 Å². The number of carbonyl (C=O) groups is 2. The predicted molar refractivity (Wildman–Crippen MR) is 357 cm³/mol. The molecule has 91 heavy (non-hydrogen) atoms. The molecule has 6 aromatic carbocycles. The van der Waals surface area contributed by atoms with Crippen molar-refractivity contribution in [3.8, 4) is 43.8 Å². The minimum atomic E-state index is -1.22. The number of hydrogen-bond donors (Lipinski definition) is 0. The normalized spacial score (nSPS) is 15.4. The average molecular weight is 1280 g/mol. The van der Waals surface area contributed by atoms with Gasteiger partial charge >= 0.3 is 0 Å². The summed E-state index contributed by atoms with van der Waals surface area (Å²) in [6.07, 6.45) is 3.30. The topological polar surface area (TPSA) is 129 Å². The van der Waals surface area contributed by atoms with Crippen molar-refractivity contribution in [3.05, 3.63) is 276 Å². The highest BCUT2D eigenvalue weighted by atomic mass is 32.1. The van der Waals surface area contributed by atoms with Crippen LogP contribution < -0.4 is 0 Å². The van der Waals surface area contributed by atoms with Crippen molar-refractivity contribution in [2.45, 2.75) is 66.2 Å². The summed E-state index contributed by atoms with van der Waals surface area (Å²) in [5, 5.41) is 41.1. The number of aryl methyl sites for hydroxylation is 8. The third kappa shape index (κ3) is 8.12. The zero-order valence-electron chi connectivity index (χ0n) is 49.7. The molecule has 11 aromatic rings. The number of allylic oxidation sites excluding steroid dienone is 6. The van der Waals surface area contributed by atoms with E-state index in [1.54, 1.807) is 46.2 Å². The number of fused-ring (bicyclic) bond motifs is 13. The molecule has 0 saturated carbocycles. The summed E-state index contributed by atoms with van der Waals surface area (Å²) in [5.74, 6) is -6.11. The van der Waals surface area contributed by atoms with Crippen LogP contribution in [-0.4, -0.2) is 11.6 Å². The Morgan fingerprint density at radius 2 is 0.703 bits per heavy atom. The Hall–Kier alpha value is -9.68. The van der Waals surface area contributed by atoms with Gasteiger partial charge in [0.15, 0.2) is 34.8 Å². The Morgan fingerprint density at radius 3 is 1.10 bits per heavy atom. The molecule has 4 aliphatic carbocycles. The van der Waals surface area contributed by atoms with Crippen LogP contribution >= 0.6 is 56.7 Å². The molecule has 15 rings (SSSR count). The van der Waals surface area contributed by atoms with E-state index >= 15 is 8.78 Å². The Kier molecular flexibility index (Phi) is 13.0. The van der Waals surface area contributed by atoms with E-state index in [0.29, 0.717) is 9.75 Å². The molecule has 0 radical (unpaired) electrons. The number of ketones is 2. The minimum absolute atomic E-state index is 0.00691. The van der Waals surface area contributed by atoms with E-state index in [9.17, 15) is 39.4 Å². The number of halogens is 4. The van der Waals surface area contributed by atoms with E-state index in [1.807, 2.05) is 30.3 Å². The van der Waals surface area contributed by atoms with Crippen LogP contribution in [0, 0.1) is 124 Å². The quantitative estimate of drug-likeness (QED) is 0.0926. The van der Waals surface area contributed by atoms with Crippen molar-refractivity contribution in [1.82, 2.24) is 0 Å². The second-order valence-electron chi connectivity index (χ2n) is 24.2. The SMILES string of the molecule is Cc1cc(C)cc(C2(c3cc(C)cc(C)c3)c3cc(/C=C4\C(=O)c5cc(F)c(F)cc5C4=C(C#N)C#N)sc3-c3sc4c5c(sc4c32)-c2sc3cc(/C=C4\C(=O)c6cc(F)c(F)cc6C4=C(C#N)C#N)sc3c2C5(c2cc(C)cc(C)c2)c2cc(C)cc(C)c2)c1. The molecule has 5 heterocycles. The molecule has 0 aliphatic heterocycles. The summed E-state index contributed by atoms with van der Waals surface area (Å²) in [5.41, 5.74) is 13.8. The lowest BCUT2D eigenvalue weighted by Gasteiger charge is -2.35. The summed E-state index contributed by atoms with van der Waals surface area (Å²) in [6, 6.07) is 42.1. The Morgan fingerprint density at radius 1 is 0.374 bits per heavy atom. The lowest BCUT2D eigenvalue weighted by molar-refractivity contribution is 0.103. The first-order valence-corrected chi connectivity index (χ1v) is 33.0. The first-order valence-electron chi connectivity index (χ1n) is 28.9. The zero-order valence-corrected chi connectivity index (χ0v) is 53.8. The standard InChI is InChI=1S/C76H44F4N4O2S5/c1-33-9-34(2)14-43(13-33)75(44-15-35(3)10-36(4)16-44)55-23-47(21-53-61(41(29-81)30-82)49-25-56(77)58(79)27-51(49)66(53)85)87-68(55)70-64(75)72-74(90-70)65-73(91-72)71-63(76(65,45-17-37(5)11-38(6)18-45)46-19-39(7)12-40(8)20-46)69-60(89-71)24-48(88-69)22-54-62(42(31-83)32-84)50-26-57(78)59(80)28-52(50)67(54)86/h9-28H,1-8H3/b53-21-,54-22-. The van der Waals surface area contributed by atoms with Gasteiger partial charge in [0.1, 0.15) is 35.4 Å². The fourth-order valence-corrected chi connectivity index (χ4v) is 22.2. The monoisotopic (exact) mass is 1280 g/mol. The van der Waals surface area contributed by atoms with Gasteiger partial charge in [-0.1, -0.05) is 117 Å². The van der Waals surface area contributed by atoms with Gasteiger partial charge in [0.2, 0.25) is 0 Å². The smallest absolute Gasteiger partial charge is 0.194 e. The summed E-state index contributed by atoms with van der Waals surface area (Å²) in [4.78, 5) is 34.4. The van der Waals surface area contributed by atoms with Crippen LogP contribution in [0.4, 0.5) is 17.6 Å². The van der Waals surface area contributed by atoms with E-state index < -0.39 is 56.8 Å². The fourth-order valence-electron chi connectivity index (χ4n) is 14.9. The van der Waals surface area contributed by atoms with Crippen LogP contribution in [0.3, 0.4) is 0 Å². The van der Waals surface area contributed by atoms with Crippen LogP contribution in [0.1, 0.15) is 131 Å². The van der Waals surface area contributed by atoms with Gasteiger partial charge in [-0.25, -0.2) is 17.6 Å². The molecule has 0 atom stereocenters. The molecule has 0 N–H and O–H groups in total. The van der Waals surface area contributed by atoms with Crippen LogP contribution in [-0.2, 0) is 10.8 Å². The first kappa shape index (κ1) is 57.7. The summed E-state index contributed by atoms with van der Waals surface area (Å²) < 4.78 is 64.1. The van der Waals surface area contributed by atoms with Gasteiger partial charge in [-0.15, -0.1) is 56.7 Å². The molecule has 0 fully saturated rings. The number of nitriles is 4. The van der Waals surface area contributed by atoms with E-state index in [-0.39, 0.29) is 44.5 Å². The highest BCUT2D eigenvalue weighted by Crippen LogP contribution is 2.71. The van der Waals surface area contributed by atoms with Gasteiger partial charge in [-0.3, -0.25) is 9.59 Å². The van der Waals surface area contributed by atoms with Crippen LogP contribution in [0.25, 0.3) is 61.6 Å². The van der Waals surface area contributed by atoms with Crippen molar-refractivity contribution >= 4 is 110 Å². The van der Waals surface area contributed by atoms with Gasteiger partial charge in [0.25, 0.3) is 0 Å². The number of hydrogen-bond acceptors (Lipinski definition) is 11. The van der Waals surface area contributed by atoms with Gasteiger partial charge in [-0.2, -0.15) is 21.0 Å². The lowest BCUT2D eigenvalue weighted by atomic mass is 9.66. The number of carbonyl (C=O) groups excluding carboxylic acids is 2. The molecule has 0 unspecified atom stereocenters. The predicted octanol–water partition coefficient (Wildman–Crippen LogP) is 20.2. The zero-order chi connectivity index (χ0) is 63.8. The first-order chi connectivity index (χ1) is 43.6. The maximum atomic E-state index is 15.1. The Balaban J connectivity index is 1.05. The van der Waals surface area contributed by atoms with Crippen molar-refractivity contribution in [3.63, 3.8) is 0 Å². The summed E-state index contributed by atoms with van der Waals surface area (Å²) in [6.45, 7) is 16.9. The molecular weight excluding hydrogens is 1240 g/mol. The molecule has 438 valence electrons. The van der Waals surface area contributed by atoms with Crippen molar-refractivity contribution in [2.24, 2.45) is 0 Å². The Labute approximate surface area is 540 Å². The van der Waals surface area contributed by atoms with E-state index in [2.05, 4.69) is 134 Å². The summed E-state index contributed by atoms with van der Waals surface area (Å²) in [7, 11) is 0. The second kappa shape index (κ2) is 20.4. The molecule has 0 saturated heterocycles. The molecule has 15 heteroatoms. The highest BCUT2D eigenvalue weighted by Gasteiger charge is 2.56. The van der Waals surface area contributed by atoms with Gasteiger partial charge < -0.3 is 0 Å². The fraction of sp³-hybridized carbons (Fsp3) is 0.132. The molecule has 0 spiro atoms. The largest absolute Gasteiger partial charge is 0.289 e. The third-order valence-corrected chi connectivity index (χ3v) is 24.2. The maximum Gasteiger partial charge on any atom is 0.194 e. The molecular formula is C76H44F4N4O2S5. The molecule has 0 amide bonds. The number of nitrogens with zero attached hydrogens (tertiary/aromatic N) is 4. The highest BCUT2D eigenvalue weighted by molar-refractivity contribution is 7.36. The van der Waals surface area contributed by atoms with Gasteiger partial charge in [-0.05, 0) is 143 Å². The number of thiophene rings is 5. The number of Topliss-reactive ketones (excluding diaryl/α,β-unsaturated/α-hetero) is 2. The molecule has 6 nitrogen and oxygen atoms in total. The molecule has 4 aliphatic rings. The van der Waals surface area contributed by atoms with E-state index in [0.717, 1.165) is 152 Å². The van der Waals surface area contributed by atoms with Crippen LogP contribution in [0.2, 0.25) is 0 Å². The number of benzene rings is 6. The minimum Gasteiger partial charge on any atom is -0.289 e. The van der Waals surface area contributed by atoms with E-state index in [1.165, 1.54) is 22.7 Å². The van der Waals surface area contributed by atoms with E-state index in [4.69, 9.17) is 0 Å². The Bertz CT molecular complexity index is 5410. The number of rotatable bonds is 6. The van der Waals surface area contributed by atoms with Crippen LogP contribution in [0.5, 0.6) is 0 Å². The molecule has 5 aromatic heterocycles. The lowest BCUT2D eigenvalue weighted by Crippen LogP contribution is -2.29. The maximum absolute atomic E-state index is 15.1.